The van der Waals surface area contributed by atoms with Crippen LogP contribution in [0.1, 0.15) is 17.5 Å². The number of rotatable bonds is 5. The average molecular weight is 256 g/mol. The number of carbonyl (C=O) groups excluding carboxylic acids is 1. The van der Waals surface area contributed by atoms with Gasteiger partial charge in [-0.2, -0.15) is 0 Å². The summed E-state index contributed by atoms with van der Waals surface area (Å²) in [6, 6.07) is 11.5. The molecule has 0 fully saturated rings. The number of aliphatic hydroxyl groups excluding tert-OH is 1. The van der Waals surface area contributed by atoms with E-state index in [1.165, 1.54) is 0 Å². The zero-order valence-electron chi connectivity index (χ0n) is 10.5. The third-order valence-electron chi connectivity index (χ3n) is 2.84. The monoisotopic (exact) mass is 256 g/mol. The van der Waals surface area contributed by atoms with Gasteiger partial charge in [0.05, 0.1) is 18.5 Å². The molecule has 0 aliphatic carbocycles. The van der Waals surface area contributed by atoms with E-state index in [4.69, 9.17) is 5.11 Å². The van der Waals surface area contributed by atoms with Gasteiger partial charge in [-0.1, -0.05) is 30.3 Å². The molecule has 0 spiro atoms. The van der Waals surface area contributed by atoms with Gasteiger partial charge in [0, 0.05) is 18.2 Å². The summed E-state index contributed by atoms with van der Waals surface area (Å²) in [6.45, 7) is -0.114. The quantitative estimate of drug-likeness (QED) is 0.861. The zero-order chi connectivity index (χ0) is 13.5. The van der Waals surface area contributed by atoms with Crippen molar-refractivity contribution in [1.29, 1.82) is 0 Å². The molecule has 0 aliphatic heterocycles. The summed E-state index contributed by atoms with van der Waals surface area (Å²) < 4.78 is 0. The lowest BCUT2D eigenvalue weighted by Gasteiger charge is -2.08. The van der Waals surface area contributed by atoms with E-state index in [0.29, 0.717) is 24.1 Å². The van der Waals surface area contributed by atoms with Gasteiger partial charge in [0.2, 0.25) is 5.91 Å². The molecule has 4 heteroatoms. The first-order chi connectivity index (χ1) is 9.29. The molecule has 0 saturated heterocycles. The highest BCUT2D eigenvalue weighted by Crippen LogP contribution is 2.13. The van der Waals surface area contributed by atoms with Gasteiger partial charge in [-0.05, 0) is 18.1 Å². The van der Waals surface area contributed by atoms with E-state index < -0.39 is 0 Å². The molecule has 1 amide bonds. The fourth-order valence-corrected chi connectivity index (χ4v) is 1.79. The van der Waals surface area contributed by atoms with Gasteiger partial charge in [0.1, 0.15) is 0 Å². The number of aliphatic hydroxyl groups is 1. The molecular weight excluding hydrogens is 240 g/mol. The fourth-order valence-electron chi connectivity index (χ4n) is 1.79. The Hall–Kier alpha value is -2.20. The average Bonchev–Trinajstić information content (AvgIpc) is 2.47. The minimum absolute atomic E-state index is 0.0773. The van der Waals surface area contributed by atoms with E-state index in [2.05, 4.69) is 10.3 Å². The molecule has 98 valence electrons. The molecule has 0 saturated carbocycles. The Balaban J connectivity index is 1.91. The number of anilines is 1. The normalized spacial score (nSPS) is 10.2. The highest BCUT2D eigenvalue weighted by molar-refractivity contribution is 5.91. The van der Waals surface area contributed by atoms with Crippen LogP contribution < -0.4 is 5.32 Å². The standard InChI is InChI=1S/C15H16N2O2/c18-11-13-8-9-16-10-14(13)17-15(19)7-6-12-4-2-1-3-5-12/h1-5,8-10,18H,6-7,11H2,(H,17,19). The molecule has 1 heterocycles. The number of hydrogen-bond donors (Lipinski definition) is 2. The second-order valence-electron chi connectivity index (χ2n) is 4.22. The second kappa shape index (κ2) is 6.66. The molecular formula is C15H16N2O2. The van der Waals surface area contributed by atoms with E-state index in [1.807, 2.05) is 30.3 Å². The molecule has 2 N–H and O–H groups in total. The highest BCUT2D eigenvalue weighted by Gasteiger charge is 2.06. The molecule has 0 radical (unpaired) electrons. The number of carbonyl (C=O) groups is 1. The van der Waals surface area contributed by atoms with E-state index in [0.717, 1.165) is 5.56 Å². The van der Waals surface area contributed by atoms with Crippen molar-refractivity contribution < 1.29 is 9.90 Å². The first-order valence-corrected chi connectivity index (χ1v) is 6.17. The second-order valence-corrected chi connectivity index (χ2v) is 4.22. The van der Waals surface area contributed by atoms with Crippen LogP contribution in [0.15, 0.2) is 48.8 Å². The lowest BCUT2D eigenvalue weighted by Crippen LogP contribution is -2.14. The van der Waals surface area contributed by atoms with Crippen LogP contribution in [0.3, 0.4) is 0 Å². The zero-order valence-corrected chi connectivity index (χ0v) is 10.5. The molecule has 1 aromatic heterocycles. The fraction of sp³-hybridized carbons (Fsp3) is 0.200. The van der Waals surface area contributed by atoms with Gasteiger partial charge in [0.25, 0.3) is 0 Å². The van der Waals surface area contributed by atoms with Crippen LogP contribution in [0, 0.1) is 0 Å². The number of benzene rings is 1. The van der Waals surface area contributed by atoms with Crippen LogP contribution in [-0.2, 0) is 17.8 Å². The van der Waals surface area contributed by atoms with Gasteiger partial charge in [-0.25, -0.2) is 0 Å². The van der Waals surface area contributed by atoms with E-state index in [9.17, 15) is 4.79 Å². The Morgan fingerprint density at radius 2 is 2.00 bits per heavy atom. The van der Waals surface area contributed by atoms with Crippen molar-refractivity contribution in [2.75, 3.05) is 5.32 Å². The van der Waals surface area contributed by atoms with Crippen molar-refractivity contribution in [3.63, 3.8) is 0 Å². The number of aryl methyl sites for hydroxylation is 1. The van der Waals surface area contributed by atoms with Crippen LogP contribution in [0.4, 0.5) is 5.69 Å². The number of aromatic nitrogens is 1. The van der Waals surface area contributed by atoms with Crippen molar-refractivity contribution >= 4 is 11.6 Å². The van der Waals surface area contributed by atoms with Gasteiger partial charge in [0.15, 0.2) is 0 Å². The molecule has 1 aromatic carbocycles. The Bertz CT molecular complexity index is 541. The summed E-state index contributed by atoms with van der Waals surface area (Å²) in [5.74, 6) is -0.0773. The first kappa shape index (κ1) is 13.2. The van der Waals surface area contributed by atoms with Crippen molar-refractivity contribution in [3.8, 4) is 0 Å². The van der Waals surface area contributed by atoms with Crippen LogP contribution in [-0.4, -0.2) is 16.0 Å². The van der Waals surface area contributed by atoms with Gasteiger partial charge in [-0.3, -0.25) is 9.78 Å². The SMILES string of the molecule is O=C(CCc1ccccc1)Nc1cnccc1CO. The molecule has 2 rings (SSSR count). The summed E-state index contributed by atoms with van der Waals surface area (Å²) in [5.41, 5.74) is 2.37. The summed E-state index contributed by atoms with van der Waals surface area (Å²) in [5, 5.41) is 11.9. The highest BCUT2D eigenvalue weighted by atomic mass is 16.3. The molecule has 0 atom stereocenters. The maximum absolute atomic E-state index is 11.8. The van der Waals surface area contributed by atoms with Crippen molar-refractivity contribution in [2.45, 2.75) is 19.4 Å². The predicted molar refractivity (Wildman–Crippen MR) is 73.6 cm³/mol. The maximum Gasteiger partial charge on any atom is 0.224 e. The molecule has 4 nitrogen and oxygen atoms in total. The van der Waals surface area contributed by atoms with Gasteiger partial charge in [-0.15, -0.1) is 0 Å². The molecule has 0 aliphatic rings. The van der Waals surface area contributed by atoms with Gasteiger partial charge < -0.3 is 10.4 Å². The summed E-state index contributed by atoms with van der Waals surface area (Å²) in [7, 11) is 0. The Morgan fingerprint density at radius 1 is 1.21 bits per heavy atom. The van der Waals surface area contributed by atoms with E-state index in [-0.39, 0.29) is 12.5 Å². The van der Waals surface area contributed by atoms with Crippen molar-refractivity contribution in [2.24, 2.45) is 0 Å². The first-order valence-electron chi connectivity index (χ1n) is 6.17. The number of hydrogen-bond acceptors (Lipinski definition) is 3. The summed E-state index contributed by atoms with van der Waals surface area (Å²) >= 11 is 0. The smallest absolute Gasteiger partial charge is 0.224 e. The largest absolute Gasteiger partial charge is 0.392 e. The van der Waals surface area contributed by atoms with E-state index >= 15 is 0 Å². The van der Waals surface area contributed by atoms with Crippen LogP contribution in [0.25, 0.3) is 0 Å². The third kappa shape index (κ3) is 3.89. The minimum atomic E-state index is -0.114. The lowest BCUT2D eigenvalue weighted by molar-refractivity contribution is -0.116. The minimum Gasteiger partial charge on any atom is -0.392 e. The maximum atomic E-state index is 11.8. The van der Waals surface area contributed by atoms with Crippen LogP contribution >= 0.6 is 0 Å². The number of pyridine rings is 1. The molecule has 0 unspecified atom stereocenters. The summed E-state index contributed by atoms with van der Waals surface area (Å²) in [6.07, 6.45) is 4.24. The molecule has 19 heavy (non-hydrogen) atoms. The van der Waals surface area contributed by atoms with E-state index in [1.54, 1.807) is 18.5 Å². The topological polar surface area (TPSA) is 62.2 Å². The molecule has 0 bridgehead atoms. The Kier molecular flexibility index (Phi) is 4.64. The van der Waals surface area contributed by atoms with Crippen LogP contribution in [0.2, 0.25) is 0 Å². The third-order valence-corrected chi connectivity index (χ3v) is 2.84. The van der Waals surface area contributed by atoms with Crippen molar-refractivity contribution in [3.05, 3.63) is 59.9 Å². The lowest BCUT2D eigenvalue weighted by atomic mass is 10.1. The Morgan fingerprint density at radius 3 is 2.74 bits per heavy atom. The predicted octanol–water partition coefficient (Wildman–Crippen LogP) is 2.15. The molecule has 2 aromatic rings. The van der Waals surface area contributed by atoms with Gasteiger partial charge >= 0.3 is 0 Å². The van der Waals surface area contributed by atoms with Crippen molar-refractivity contribution in [1.82, 2.24) is 4.98 Å². The summed E-state index contributed by atoms with van der Waals surface area (Å²) in [4.78, 5) is 15.8. The number of nitrogens with one attached hydrogen (secondary N) is 1. The Labute approximate surface area is 112 Å². The number of nitrogens with zero attached hydrogens (tertiary/aromatic N) is 1. The number of amides is 1. The van der Waals surface area contributed by atoms with Crippen LogP contribution in [0.5, 0.6) is 0 Å².